The van der Waals surface area contributed by atoms with E-state index < -0.39 is 5.82 Å². The molecule has 1 aromatic carbocycles. The van der Waals surface area contributed by atoms with Crippen LogP contribution in [0.25, 0.3) is 0 Å². The second kappa shape index (κ2) is 5.52. The Hall–Kier alpha value is -2.43. The number of benzene rings is 1. The van der Waals surface area contributed by atoms with Crippen molar-refractivity contribution in [1.82, 2.24) is 9.88 Å². The van der Waals surface area contributed by atoms with Crippen LogP contribution in [0.2, 0.25) is 0 Å². The first-order valence-electron chi connectivity index (χ1n) is 6.90. The van der Waals surface area contributed by atoms with Crippen molar-refractivity contribution >= 4 is 11.6 Å². The van der Waals surface area contributed by atoms with Crippen molar-refractivity contribution < 1.29 is 9.18 Å². The van der Waals surface area contributed by atoms with Crippen molar-refractivity contribution in [3.05, 3.63) is 59.7 Å². The van der Waals surface area contributed by atoms with Gasteiger partial charge in [0.2, 0.25) is 0 Å². The number of nitrogen functional groups attached to an aromatic ring is 1. The van der Waals surface area contributed by atoms with Crippen LogP contribution in [0.3, 0.4) is 0 Å². The molecule has 1 aliphatic rings. The van der Waals surface area contributed by atoms with E-state index in [9.17, 15) is 9.18 Å². The molecule has 4 nitrogen and oxygen atoms in total. The number of aromatic nitrogens is 1. The molecule has 1 heterocycles. The molecule has 3 rings (SSSR count). The maximum absolute atomic E-state index is 13.9. The first kappa shape index (κ1) is 13.5. The lowest BCUT2D eigenvalue weighted by Gasteiger charge is -2.23. The van der Waals surface area contributed by atoms with E-state index in [1.165, 1.54) is 18.2 Å². The molecule has 21 heavy (non-hydrogen) atoms. The van der Waals surface area contributed by atoms with Crippen LogP contribution in [-0.2, 0) is 6.54 Å². The van der Waals surface area contributed by atoms with Gasteiger partial charge in [0, 0.05) is 30.7 Å². The third kappa shape index (κ3) is 3.02. The van der Waals surface area contributed by atoms with Crippen LogP contribution >= 0.6 is 0 Å². The van der Waals surface area contributed by atoms with Crippen LogP contribution in [0, 0.1) is 5.82 Å². The Morgan fingerprint density at radius 1 is 1.38 bits per heavy atom. The Morgan fingerprint density at radius 3 is 2.86 bits per heavy atom. The van der Waals surface area contributed by atoms with E-state index in [1.807, 2.05) is 12.1 Å². The average Bonchev–Trinajstić information content (AvgIpc) is 3.32. The summed E-state index contributed by atoms with van der Waals surface area (Å²) in [5, 5.41) is 0. The van der Waals surface area contributed by atoms with E-state index >= 15 is 0 Å². The predicted octanol–water partition coefficient (Wildman–Crippen LogP) is 2.61. The highest BCUT2D eigenvalue weighted by atomic mass is 19.1. The van der Waals surface area contributed by atoms with E-state index in [0.717, 1.165) is 18.4 Å². The number of hydrogen-bond donors (Lipinski definition) is 1. The summed E-state index contributed by atoms with van der Waals surface area (Å²) in [6, 6.07) is 8.00. The summed E-state index contributed by atoms with van der Waals surface area (Å²) in [5.74, 6) is -0.850. The van der Waals surface area contributed by atoms with Gasteiger partial charge in [-0.2, -0.15) is 0 Å². The van der Waals surface area contributed by atoms with Crippen LogP contribution in [0.4, 0.5) is 10.1 Å². The molecule has 1 aromatic heterocycles. The molecule has 0 spiro atoms. The standard InChI is InChI=1S/C16H16FN3O/c17-15-6-3-12(18)8-14(15)16(21)20(13-4-5-13)10-11-2-1-7-19-9-11/h1-3,6-9,13H,4-5,10,18H2. The van der Waals surface area contributed by atoms with Gasteiger partial charge in [-0.3, -0.25) is 9.78 Å². The molecule has 0 saturated heterocycles. The summed E-state index contributed by atoms with van der Waals surface area (Å²) >= 11 is 0. The van der Waals surface area contributed by atoms with Crippen molar-refractivity contribution in [2.45, 2.75) is 25.4 Å². The summed E-state index contributed by atoms with van der Waals surface area (Å²) < 4.78 is 13.9. The highest BCUT2D eigenvalue weighted by molar-refractivity contribution is 5.95. The number of rotatable bonds is 4. The molecule has 2 aromatic rings. The van der Waals surface area contributed by atoms with Crippen LogP contribution < -0.4 is 5.73 Å². The van der Waals surface area contributed by atoms with Gasteiger partial charge in [0.05, 0.1) is 5.56 Å². The third-order valence-corrected chi connectivity index (χ3v) is 3.55. The van der Waals surface area contributed by atoms with Gasteiger partial charge in [-0.05, 0) is 42.7 Å². The highest BCUT2D eigenvalue weighted by Gasteiger charge is 2.34. The second-order valence-corrected chi connectivity index (χ2v) is 5.26. The van der Waals surface area contributed by atoms with Crippen LogP contribution in [0.5, 0.6) is 0 Å². The minimum atomic E-state index is -0.536. The first-order chi connectivity index (χ1) is 10.1. The molecule has 108 valence electrons. The molecule has 0 bridgehead atoms. The number of amides is 1. The van der Waals surface area contributed by atoms with Gasteiger partial charge < -0.3 is 10.6 Å². The molecule has 0 unspecified atom stereocenters. The van der Waals surface area contributed by atoms with Gasteiger partial charge >= 0.3 is 0 Å². The molecule has 0 aliphatic heterocycles. The van der Waals surface area contributed by atoms with E-state index in [4.69, 9.17) is 5.73 Å². The van der Waals surface area contributed by atoms with Crippen LogP contribution in [0.1, 0.15) is 28.8 Å². The van der Waals surface area contributed by atoms with E-state index in [1.54, 1.807) is 17.3 Å². The fourth-order valence-corrected chi connectivity index (χ4v) is 2.30. The quantitative estimate of drug-likeness (QED) is 0.878. The molecule has 5 heteroatoms. The SMILES string of the molecule is Nc1ccc(F)c(C(=O)N(Cc2cccnc2)C2CC2)c1. The number of halogens is 1. The van der Waals surface area contributed by atoms with Crippen molar-refractivity contribution in [1.29, 1.82) is 0 Å². The van der Waals surface area contributed by atoms with Gasteiger partial charge in [-0.1, -0.05) is 6.07 Å². The molecular formula is C16H16FN3O. The Labute approximate surface area is 122 Å². The van der Waals surface area contributed by atoms with Gasteiger partial charge in [0.15, 0.2) is 0 Å². The number of nitrogens with two attached hydrogens (primary N) is 1. The first-order valence-corrected chi connectivity index (χ1v) is 6.90. The highest BCUT2D eigenvalue weighted by Crippen LogP contribution is 2.30. The number of anilines is 1. The van der Waals surface area contributed by atoms with E-state index in [-0.39, 0.29) is 17.5 Å². The maximum Gasteiger partial charge on any atom is 0.257 e. The van der Waals surface area contributed by atoms with Crippen molar-refractivity contribution in [3.63, 3.8) is 0 Å². The fraction of sp³-hybridized carbons (Fsp3) is 0.250. The average molecular weight is 285 g/mol. The minimum absolute atomic E-state index is 0.0331. The predicted molar refractivity (Wildman–Crippen MR) is 77.9 cm³/mol. The zero-order chi connectivity index (χ0) is 14.8. The Balaban J connectivity index is 1.87. The Kier molecular flexibility index (Phi) is 3.56. The van der Waals surface area contributed by atoms with Crippen LogP contribution in [0.15, 0.2) is 42.7 Å². The Morgan fingerprint density at radius 2 is 2.19 bits per heavy atom. The molecule has 0 atom stereocenters. The largest absolute Gasteiger partial charge is 0.399 e. The summed E-state index contributed by atoms with van der Waals surface area (Å²) in [7, 11) is 0. The van der Waals surface area contributed by atoms with Gasteiger partial charge in [0.1, 0.15) is 5.82 Å². The summed E-state index contributed by atoms with van der Waals surface area (Å²) in [5.41, 5.74) is 7.01. The Bertz CT molecular complexity index is 656. The molecule has 1 amide bonds. The number of carbonyl (C=O) groups is 1. The molecule has 1 saturated carbocycles. The lowest BCUT2D eigenvalue weighted by Crippen LogP contribution is -2.33. The van der Waals surface area contributed by atoms with Gasteiger partial charge in [0.25, 0.3) is 5.91 Å². The van der Waals surface area contributed by atoms with E-state index in [0.29, 0.717) is 12.2 Å². The number of hydrogen-bond acceptors (Lipinski definition) is 3. The molecule has 2 N–H and O–H groups in total. The third-order valence-electron chi connectivity index (χ3n) is 3.55. The fourth-order valence-electron chi connectivity index (χ4n) is 2.30. The number of nitrogens with zero attached hydrogens (tertiary/aromatic N) is 2. The topological polar surface area (TPSA) is 59.2 Å². The minimum Gasteiger partial charge on any atom is -0.399 e. The molecular weight excluding hydrogens is 269 g/mol. The zero-order valence-electron chi connectivity index (χ0n) is 11.5. The van der Waals surface area contributed by atoms with Crippen molar-refractivity contribution in [3.8, 4) is 0 Å². The molecule has 1 aliphatic carbocycles. The smallest absolute Gasteiger partial charge is 0.257 e. The second-order valence-electron chi connectivity index (χ2n) is 5.26. The summed E-state index contributed by atoms with van der Waals surface area (Å²) in [6.07, 6.45) is 5.31. The number of carbonyl (C=O) groups excluding carboxylic acids is 1. The van der Waals surface area contributed by atoms with Crippen molar-refractivity contribution in [2.24, 2.45) is 0 Å². The van der Waals surface area contributed by atoms with Crippen LogP contribution in [-0.4, -0.2) is 21.8 Å². The summed E-state index contributed by atoms with van der Waals surface area (Å²) in [4.78, 5) is 18.4. The lowest BCUT2D eigenvalue weighted by molar-refractivity contribution is 0.0725. The zero-order valence-corrected chi connectivity index (χ0v) is 11.5. The van der Waals surface area contributed by atoms with Gasteiger partial charge in [-0.15, -0.1) is 0 Å². The molecule has 1 fully saturated rings. The van der Waals surface area contributed by atoms with E-state index in [2.05, 4.69) is 4.98 Å². The monoisotopic (exact) mass is 285 g/mol. The lowest BCUT2D eigenvalue weighted by atomic mass is 10.1. The maximum atomic E-state index is 13.9. The van der Waals surface area contributed by atoms with Crippen molar-refractivity contribution in [2.75, 3.05) is 5.73 Å². The number of pyridine rings is 1. The normalized spacial score (nSPS) is 14.0. The molecule has 0 radical (unpaired) electrons. The summed E-state index contributed by atoms with van der Waals surface area (Å²) in [6.45, 7) is 0.436. The van der Waals surface area contributed by atoms with Gasteiger partial charge in [-0.25, -0.2) is 4.39 Å².